The van der Waals surface area contributed by atoms with Crippen LogP contribution in [0.4, 0.5) is 0 Å². The van der Waals surface area contributed by atoms with Gasteiger partial charge in [-0.25, -0.2) is 0 Å². The first-order valence-electron chi connectivity index (χ1n) is 5.53. The Morgan fingerprint density at radius 2 is 1.63 bits per heavy atom. The van der Waals surface area contributed by atoms with Crippen molar-refractivity contribution in [3.05, 3.63) is 29.3 Å². The van der Waals surface area contributed by atoms with Crippen LogP contribution in [-0.2, 0) is 22.7 Å². The smallest absolute Gasteiger partial charge is 0.235 e. The Morgan fingerprint density at radius 3 is 2.21 bits per heavy atom. The molecule has 0 aromatic heterocycles. The Morgan fingerprint density at radius 1 is 1.05 bits per heavy atom. The lowest BCUT2D eigenvalue weighted by Crippen LogP contribution is -2.25. The number of nitrogens with one attached hydrogen (secondary N) is 2. The van der Waals surface area contributed by atoms with Gasteiger partial charge in [-0.15, -0.1) is 23.2 Å². The van der Waals surface area contributed by atoms with Crippen LogP contribution >= 0.6 is 23.2 Å². The van der Waals surface area contributed by atoms with Crippen molar-refractivity contribution in [2.75, 3.05) is 11.8 Å². The number of carbonyl (C=O) groups excluding carboxylic acids is 2. The van der Waals surface area contributed by atoms with E-state index in [1.807, 2.05) is 0 Å². The molecule has 5 nitrogen and oxygen atoms in total. The zero-order valence-electron chi connectivity index (χ0n) is 10.1. The quantitative estimate of drug-likeness (QED) is 0.689. The van der Waals surface area contributed by atoms with Crippen molar-refractivity contribution < 1.29 is 14.7 Å². The van der Waals surface area contributed by atoms with Crippen LogP contribution in [0.1, 0.15) is 11.1 Å². The van der Waals surface area contributed by atoms with Gasteiger partial charge < -0.3 is 15.7 Å². The van der Waals surface area contributed by atoms with Gasteiger partial charge in [-0.3, -0.25) is 9.59 Å². The number of aromatic hydroxyl groups is 1. The van der Waals surface area contributed by atoms with Crippen molar-refractivity contribution in [3.63, 3.8) is 0 Å². The minimum Gasteiger partial charge on any atom is -0.508 e. The SMILES string of the molecule is O=C(CCl)NCc1ccc(O)c(CNC(=O)CCl)c1. The number of alkyl halides is 2. The van der Waals surface area contributed by atoms with Crippen molar-refractivity contribution in [2.24, 2.45) is 0 Å². The number of phenolic OH excluding ortho intramolecular Hbond substituents is 1. The molecule has 0 radical (unpaired) electrons. The van der Waals surface area contributed by atoms with Gasteiger partial charge in [0.15, 0.2) is 0 Å². The molecule has 0 saturated heterocycles. The van der Waals surface area contributed by atoms with Crippen LogP contribution in [-0.4, -0.2) is 28.7 Å². The highest BCUT2D eigenvalue weighted by molar-refractivity contribution is 6.27. The molecule has 0 bridgehead atoms. The Hall–Kier alpha value is -1.46. The minimum absolute atomic E-state index is 0.0716. The van der Waals surface area contributed by atoms with E-state index in [1.54, 1.807) is 12.1 Å². The molecule has 3 N–H and O–H groups in total. The third-order valence-corrected chi connectivity index (χ3v) is 2.84. The second kappa shape index (κ2) is 7.86. The van der Waals surface area contributed by atoms with Crippen LogP contribution < -0.4 is 10.6 Å². The summed E-state index contributed by atoms with van der Waals surface area (Å²) in [5.41, 5.74) is 1.35. The van der Waals surface area contributed by atoms with Gasteiger partial charge in [0.1, 0.15) is 17.5 Å². The molecule has 0 unspecified atom stereocenters. The molecule has 0 spiro atoms. The molecule has 0 saturated carbocycles. The van der Waals surface area contributed by atoms with Gasteiger partial charge in [0.05, 0.1) is 0 Å². The van der Waals surface area contributed by atoms with Crippen LogP contribution in [0.25, 0.3) is 0 Å². The van der Waals surface area contributed by atoms with Crippen LogP contribution in [0.15, 0.2) is 18.2 Å². The van der Waals surface area contributed by atoms with E-state index in [4.69, 9.17) is 23.2 Å². The monoisotopic (exact) mass is 304 g/mol. The summed E-state index contributed by atoms with van der Waals surface area (Å²) in [6.45, 7) is 0.483. The second-order valence-corrected chi connectivity index (χ2v) is 4.32. The van der Waals surface area contributed by atoms with Gasteiger partial charge in [-0.05, 0) is 17.7 Å². The lowest BCUT2D eigenvalue weighted by atomic mass is 10.1. The molecule has 1 aromatic carbocycles. The number of carbonyl (C=O) groups is 2. The summed E-state index contributed by atoms with van der Waals surface area (Å²) in [7, 11) is 0. The first kappa shape index (κ1) is 15.6. The van der Waals surface area contributed by atoms with Crippen molar-refractivity contribution in [1.82, 2.24) is 10.6 Å². The molecule has 0 aliphatic rings. The number of rotatable bonds is 6. The van der Waals surface area contributed by atoms with E-state index < -0.39 is 0 Å². The summed E-state index contributed by atoms with van der Waals surface area (Å²) in [5.74, 6) is -0.751. The van der Waals surface area contributed by atoms with Gasteiger partial charge >= 0.3 is 0 Å². The number of hydrogen-bond acceptors (Lipinski definition) is 3. The van der Waals surface area contributed by atoms with E-state index in [0.29, 0.717) is 12.1 Å². The van der Waals surface area contributed by atoms with Crippen molar-refractivity contribution >= 4 is 35.0 Å². The van der Waals surface area contributed by atoms with Gasteiger partial charge in [0.2, 0.25) is 11.8 Å². The molecule has 0 atom stereocenters. The minimum atomic E-state index is -0.318. The maximum Gasteiger partial charge on any atom is 0.235 e. The normalized spacial score (nSPS) is 10.0. The molecule has 0 heterocycles. The summed E-state index contributed by atoms with van der Waals surface area (Å²) in [5, 5.41) is 14.8. The van der Waals surface area contributed by atoms with Crippen LogP contribution in [0.5, 0.6) is 5.75 Å². The van der Waals surface area contributed by atoms with E-state index >= 15 is 0 Å². The molecule has 2 amide bonds. The summed E-state index contributed by atoms with van der Waals surface area (Å²) >= 11 is 10.7. The van der Waals surface area contributed by atoms with Gasteiger partial charge in [-0.1, -0.05) is 6.07 Å². The Balaban J connectivity index is 2.65. The Labute approximate surface area is 120 Å². The van der Waals surface area contributed by atoms with Crippen molar-refractivity contribution in [3.8, 4) is 5.75 Å². The standard InChI is InChI=1S/C12H14Cl2N2O3/c13-4-11(18)15-6-8-1-2-10(17)9(3-8)7-16-12(19)5-14/h1-3,17H,4-7H2,(H,15,18)(H,16,19). The fourth-order valence-electron chi connectivity index (χ4n) is 1.38. The lowest BCUT2D eigenvalue weighted by Gasteiger charge is -2.09. The number of hydrogen-bond donors (Lipinski definition) is 3. The number of benzene rings is 1. The zero-order chi connectivity index (χ0) is 14.3. The maximum atomic E-state index is 11.0. The number of halogens is 2. The maximum absolute atomic E-state index is 11.0. The van der Waals surface area contributed by atoms with Crippen LogP contribution in [0, 0.1) is 0 Å². The molecule has 19 heavy (non-hydrogen) atoms. The molecule has 104 valence electrons. The first-order chi connectivity index (χ1) is 9.06. The van der Waals surface area contributed by atoms with E-state index in [1.165, 1.54) is 6.07 Å². The molecule has 0 aliphatic heterocycles. The van der Waals surface area contributed by atoms with E-state index in [-0.39, 0.29) is 35.9 Å². The Bertz CT molecular complexity index is 466. The average molecular weight is 305 g/mol. The summed E-state index contributed by atoms with van der Waals surface area (Å²) < 4.78 is 0. The highest BCUT2D eigenvalue weighted by Crippen LogP contribution is 2.18. The van der Waals surface area contributed by atoms with Gasteiger partial charge in [0, 0.05) is 18.7 Å². The second-order valence-electron chi connectivity index (χ2n) is 3.78. The van der Waals surface area contributed by atoms with E-state index in [2.05, 4.69) is 10.6 Å². The predicted molar refractivity (Wildman–Crippen MR) is 73.2 cm³/mol. The number of phenols is 1. The van der Waals surface area contributed by atoms with Gasteiger partial charge in [-0.2, -0.15) is 0 Å². The zero-order valence-corrected chi connectivity index (χ0v) is 11.6. The molecule has 7 heteroatoms. The summed E-state index contributed by atoms with van der Waals surface area (Å²) in [4.78, 5) is 22.1. The topological polar surface area (TPSA) is 78.4 Å². The largest absolute Gasteiger partial charge is 0.508 e. The van der Waals surface area contributed by atoms with E-state index in [0.717, 1.165) is 5.56 Å². The van der Waals surface area contributed by atoms with Crippen LogP contribution in [0.2, 0.25) is 0 Å². The average Bonchev–Trinajstić information content (AvgIpc) is 2.44. The van der Waals surface area contributed by atoms with Gasteiger partial charge in [0.25, 0.3) is 0 Å². The molecule has 0 aliphatic carbocycles. The summed E-state index contributed by atoms with van der Waals surface area (Å²) in [6.07, 6.45) is 0. The first-order valence-corrected chi connectivity index (χ1v) is 6.59. The molecular weight excluding hydrogens is 291 g/mol. The molecule has 1 aromatic rings. The fourth-order valence-corrected chi connectivity index (χ4v) is 1.57. The van der Waals surface area contributed by atoms with Crippen LogP contribution in [0.3, 0.4) is 0 Å². The fraction of sp³-hybridized carbons (Fsp3) is 0.333. The van der Waals surface area contributed by atoms with Crippen molar-refractivity contribution in [2.45, 2.75) is 13.1 Å². The third-order valence-electron chi connectivity index (χ3n) is 2.35. The predicted octanol–water partition coefficient (Wildman–Crippen LogP) is 1.10. The molecule has 1 rings (SSSR count). The highest BCUT2D eigenvalue weighted by atomic mass is 35.5. The third kappa shape index (κ3) is 5.36. The highest BCUT2D eigenvalue weighted by Gasteiger charge is 2.06. The van der Waals surface area contributed by atoms with E-state index in [9.17, 15) is 14.7 Å². The molecular formula is C12H14Cl2N2O3. The summed E-state index contributed by atoms with van der Waals surface area (Å²) in [6, 6.07) is 4.87. The Kier molecular flexibility index (Phi) is 6.45. The van der Waals surface area contributed by atoms with Crippen molar-refractivity contribution in [1.29, 1.82) is 0 Å². The number of amides is 2. The molecule has 0 fully saturated rings. The lowest BCUT2D eigenvalue weighted by molar-refractivity contribution is -0.119.